The number of ketones is 1. The van der Waals surface area contributed by atoms with Crippen molar-refractivity contribution in [1.29, 1.82) is 0 Å². The second-order valence-electron chi connectivity index (χ2n) is 2.69. The minimum atomic E-state index is 0.121. The summed E-state index contributed by atoms with van der Waals surface area (Å²) in [5.41, 5.74) is 6.05. The van der Waals surface area contributed by atoms with E-state index in [4.69, 9.17) is 5.73 Å². The van der Waals surface area contributed by atoms with Crippen LogP contribution in [0.2, 0.25) is 0 Å². The lowest BCUT2D eigenvalue weighted by Crippen LogP contribution is -2.07. The van der Waals surface area contributed by atoms with E-state index in [1.807, 2.05) is 30.5 Å². The Morgan fingerprint density at radius 1 is 1.38 bits per heavy atom. The molecule has 1 aromatic rings. The van der Waals surface area contributed by atoms with Crippen molar-refractivity contribution in [2.45, 2.75) is 11.3 Å². The summed E-state index contributed by atoms with van der Waals surface area (Å²) in [7, 11) is 0. The van der Waals surface area contributed by atoms with Gasteiger partial charge >= 0.3 is 0 Å². The van der Waals surface area contributed by atoms with Gasteiger partial charge in [-0.1, -0.05) is 12.1 Å². The molecule has 13 heavy (non-hydrogen) atoms. The molecule has 0 radical (unpaired) electrons. The van der Waals surface area contributed by atoms with Crippen LogP contribution in [-0.4, -0.2) is 18.6 Å². The van der Waals surface area contributed by atoms with Gasteiger partial charge in [0.25, 0.3) is 0 Å². The van der Waals surface area contributed by atoms with Crippen LogP contribution < -0.4 is 5.73 Å². The fourth-order valence-electron chi connectivity index (χ4n) is 1.05. The molecule has 0 aliphatic rings. The highest BCUT2D eigenvalue weighted by atomic mass is 32.2. The Morgan fingerprint density at radius 3 is 2.46 bits per heavy atom. The molecular weight excluding hydrogens is 182 g/mol. The van der Waals surface area contributed by atoms with Gasteiger partial charge in [0, 0.05) is 16.9 Å². The highest BCUT2D eigenvalue weighted by molar-refractivity contribution is 7.98. The molecule has 0 bridgehead atoms. The van der Waals surface area contributed by atoms with Crippen molar-refractivity contribution in [3.63, 3.8) is 0 Å². The van der Waals surface area contributed by atoms with Gasteiger partial charge < -0.3 is 5.73 Å². The Bertz CT molecular complexity index is 281. The molecule has 0 aliphatic heterocycles. The molecule has 0 saturated carbocycles. The highest BCUT2D eigenvalue weighted by Gasteiger charge is 2.03. The zero-order chi connectivity index (χ0) is 9.68. The standard InChI is InChI=1S/C10H13NOS/c1-13-9-4-2-8(3-5-9)10(12)6-7-11/h2-5H,6-7,11H2,1H3. The maximum Gasteiger partial charge on any atom is 0.164 e. The third-order valence-electron chi connectivity index (χ3n) is 1.78. The van der Waals surface area contributed by atoms with Gasteiger partial charge in [0.2, 0.25) is 0 Å². The number of carbonyl (C=O) groups is 1. The van der Waals surface area contributed by atoms with Crippen LogP contribution in [0.15, 0.2) is 29.2 Å². The normalized spacial score (nSPS) is 10.0. The summed E-state index contributed by atoms with van der Waals surface area (Å²) in [6.07, 6.45) is 2.44. The molecule has 0 aliphatic carbocycles. The molecule has 70 valence electrons. The number of nitrogens with two attached hydrogens (primary N) is 1. The minimum absolute atomic E-state index is 0.121. The molecule has 1 aromatic carbocycles. The number of benzene rings is 1. The van der Waals surface area contributed by atoms with Gasteiger partial charge in [-0.05, 0) is 24.9 Å². The van der Waals surface area contributed by atoms with E-state index in [1.165, 1.54) is 4.90 Å². The summed E-state index contributed by atoms with van der Waals surface area (Å²) in [6, 6.07) is 7.61. The fraction of sp³-hybridized carbons (Fsp3) is 0.300. The first-order chi connectivity index (χ1) is 6.27. The van der Waals surface area contributed by atoms with E-state index >= 15 is 0 Å². The molecule has 0 saturated heterocycles. The number of rotatable bonds is 4. The number of thioether (sulfide) groups is 1. The van der Waals surface area contributed by atoms with Crippen LogP contribution in [0.25, 0.3) is 0 Å². The lowest BCUT2D eigenvalue weighted by atomic mass is 10.1. The molecule has 1 rings (SSSR count). The maximum absolute atomic E-state index is 11.4. The molecule has 0 unspecified atom stereocenters. The van der Waals surface area contributed by atoms with E-state index in [2.05, 4.69) is 0 Å². The van der Waals surface area contributed by atoms with Crippen LogP contribution in [-0.2, 0) is 0 Å². The minimum Gasteiger partial charge on any atom is -0.330 e. The Hall–Kier alpha value is -0.800. The fourth-order valence-corrected chi connectivity index (χ4v) is 1.46. The van der Waals surface area contributed by atoms with Gasteiger partial charge in [-0.25, -0.2) is 0 Å². The second-order valence-corrected chi connectivity index (χ2v) is 3.57. The van der Waals surface area contributed by atoms with Crippen LogP contribution >= 0.6 is 11.8 Å². The Labute approximate surface area is 82.5 Å². The van der Waals surface area contributed by atoms with Crippen LogP contribution in [0.1, 0.15) is 16.8 Å². The van der Waals surface area contributed by atoms with E-state index in [0.29, 0.717) is 13.0 Å². The van der Waals surface area contributed by atoms with Crippen molar-refractivity contribution in [1.82, 2.24) is 0 Å². The van der Waals surface area contributed by atoms with Gasteiger partial charge in [-0.15, -0.1) is 11.8 Å². The summed E-state index contributed by atoms with van der Waals surface area (Å²) < 4.78 is 0. The average molecular weight is 195 g/mol. The summed E-state index contributed by atoms with van der Waals surface area (Å²) in [6.45, 7) is 0.420. The van der Waals surface area contributed by atoms with Crippen molar-refractivity contribution in [3.8, 4) is 0 Å². The van der Waals surface area contributed by atoms with Crippen LogP contribution in [0.5, 0.6) is 0 Å². The molecule has 0 amide bonds. The van der Waals surface area contributed by atoms with Gasteiger partial charge in [0.15, 0.2) is 5.78 Å². The van der Waals surface area contributed by atoms with Gasteiger partial charge in [-0.2, -0.15) is 0 Å². The number of Topliss-reactive ketones (excluding diaryl/α,β-unsaturated/α-hetero) is 1. The molecular formula is C10H13NOS. The zero-order valence-corrected chi connectivity index (χ0v) is 8.43. The lowest BCUT2D eigenvalue weighted by Gasteiger charge is -2.00. The third kappa shape index (κ3) is 2.86. The quantitative estimate of drug-likeness (QED) is 0.590. The van der Waals surface area contributed by atoms with Crippen molar-refractivity contribution in [2.75, 3.05) is 12.8 Å². The predicted octanol–water partition coefficient (Wildman–Crippen LogP) is 1.94. The van der Waals surface area contributed by atoms with Crippen molar-refractivity contribution < 1.29 is 4.79 Å². The molecule has 2 N–H and O–H groups in total. The van der Waals surface area contributed by atoms with Crippen LogP contribution in [0.3, 0.4) is 0 Å². The summed E-state index contributed by atoms with van der Waals surface area (Å²) >= 11 is 1.67. The van der Waals surface area contributed by atoms with Crippen LogP contribution in [0.4, 0.5) is 0 Å². The van der Waals surface area contributed by atoms with Crippen molar-refractivity contribution >= 4 is 17.5 Å². The number of carbonyl (C=O) groups excluding carboxylic acids is 1. The monoisotopic (exact) mass is 195 g/mol. The topological polar surface area (TPSA) is 43.1 Å². The Morgan fingerprint density at radius 2 is 2.00 bits per heavy atom. The summed E-state index contributed by atoms with van der Waals surface area (Å²) in [5.74, 6) is 0.121. The van der Waals surface area contributed by atoms with Gasteiger partial charge in [0.05, 0.1) is 0 Å². The van der Waals surface area contributed by atoms with Crippen molar-refractivity contribution in [3.05, 3.63) is 29.8 Å². The van der Waals surface area contributed by atoms with E-state index in [9.17, 15) is 4.79 Å². The molecule has 0 atom stereocenters. The first kappa shape index (κ1) is 10.3. The second kappa shape index (κ2) is 5.04. The van der Waals surface area contributed by atoms with E-state index < -0.39 is 0 Å². The number of hydrogen-bond acceptors (Lipinski definition) is 3. The third-order valence-corrected chi connectivity index (χ3v) is 2.53. The molecule has 0 aromatic heterocycles. The average Bonchev–Trinajstić information content (AvgIpc) is 2.18. The van der Waals surface area contributed by atoms with E-state index in [0.717, 1.165) is 5.56 Å². The number of hydrogen-bond donors (Lipinski definition) is 1. The summed E-state index contributed by atoms with van der Waals surface area (Å²) in [5, 5.41) is 0. The van der Waals surface area contributed by atoms with Crippen molar-refractivity contribution in [2.24, 2.45) is 5.73 Å². The Kier molecular flexibility index (Phi) is 3.99. The lowest BCUT2D eigenvalue weighted by molar-refractivity contribution is 0.0985. The molecule has 0 heterocycles. The first-order valence-corrected chi connectivity index (χ1v) is 5.37. The maximum atomic E-state index is 11.4. The molecule has 0 spiro atoms. The molecule has 2 nitrogen and oxygen atoms in total. The highest BCUT2D eigenvalue weighted by Crippen LogP contribution is 2.15. The first-order valence-electron chi connectivity index (χ1n) is 4.15. The zero-order valence-electron chi connectivity index (χ0n) is 7.62. The Balaban J connectivity index is 2.74. The molecule has 0 fully saturated rings. The van der Waals surface area contributed by atoms with Gasteiger partial charge in [0.1, 0.15) is 0 Å². The van der Waals surface area contributed by atoms with Gasteiger partial charge in [-0.3, -0.25) is 4.79 Å². The van der Waals surface area contributed by atoms with E-state index in [1.54, 1.807) is 11.8 Å². The largest absolute Gasteiger partial charge is 0.330 e. The predicted molar refractivity (Wildman–Crippen MR) is 56.2 cm³/mol. The summed E-state index contributed by atoms with van der Waals surface area (Å²) in [4.78, 5) is 12.5. The smallest absolute Gasteiger partial charge is 0.164 e. The SMILES string of the molecule is CSc1ccc(C(=O)CCN)cc1. The van der Waals surface area contributed by atoms with Crippen LogP contribution in [0, 0.1) is 0 Å². The molecule has 3 heteroatoms. The van der Waals surface area contributed by atoms with E-state index in [-0.39, 0.29) is 5.78 Å².